The third-order valence-corrected chi connectivity index (χ3v) is 24.0. The average Bonchev–Trinajstić information content (AvgIpc) is 1.23. The van der Waals surface area contributed by atoms with Crippen molar-refractivity contribution in [2.75, 3.05) is 6.54 Å². The van der Waals surface area contributed by atoms with Gasteiger partial charge in [0.05, 0.1) is 11.3 Å². The lowest BCUT2D eigenvalue weighted by Gasteiger charge is -2.44. The number of carbonyl (C=O) groups is 10. The first-order valence-electron chi connectivity index (χ1n) is 27.2. The van der Waals surface area contributed by atoms with Crippen molar-refractivity contribution in [2.45, 2.75) is 188 Å². The summed E-state index contributed by atoms with van der Waals surface area (Å²) >= 11 is 0.476. The molecule has 26 nitrogen and oxygen atoms in total. The maximum Gasteiger partial charge on any atom is 0.347 e. The molecule has 4 rings (SSSR count). The van der Waals surface area contributed by atoms with E-state index < -0.39 is 169 Å². The monoisotopic (exact) mass is 1280 g/mol. The third kappa shape index (κ3) is 18.0. The minimum Gasteiger partial charge on any atom is -0.450 e. The third-order valence-electron chi connectivity index (χ3n) is 13.1. The van der Waals surface area contributed by atoms with Crippen molar-refractivity contribution in [1.82, 2.24) is 10.0 Å². The van der Waals surface area contributed by atoms with Crippen LogP contribution in [0.3, 0.4) is 0 Å². The molecule has 2 N–H and O–H groups in total. The van der Waals surface area contributed by atoms with Crippen LogP contribution in [0.5, 0.6) is 0 Å². The second kappa shape index (κ2) is 30.1. The number of sulfone groups is 1. The number of carbonyl (C=O) groups excluding carboxylic acids is 10. The Morgan fingerprint density at radius 2 is 0.837 bits per heavy atom. The van der Waals surface area contributed by atoms with Gasteiger partial charge in [0.2, 0.25) is 0 Å². The van der Waals surface area contributed by atoms with Crippen LogP contribution in [0.25, 0.3) is 0 Å². The Morgan fingerprint density at radius 1 is 0.535 bits per heavy atom. The SMILES string of the molecule is CCN[C@H]1C=C(S(=O)(=O)NC(=O)[C@H](C)OC(=O)[C@H](C)OC(=O)[C@H](C)OC(=O)[C@H](C)OC(=O)[C@H](C)OC(=O)[C@H](C)OC(=O)[C@H](C)OC(=O)[C@H](C)OC(=O)[C@H](C)OC(=O)[C@H](C)O[Si](c2ccccc2)(c2ccccc2)C(C)(C)C)SC2=C1C[C@H](C)S2(=O)=O. The molecule has 12 atom stereocenters. The van der Waals surface area contributed by atoms with Gasteiger partial charge >= 0.3 is 53.7 Å². The summed E-state index contributed by atoms with van der Waals surface area (Å²) in [6, 6.07) is 18.3. The highest BCUT2D eigenvalue weighted by molar-refractivity contribution is 8.28. The Bertz CT molecular complexity index is 3130. The Hall–Kier alpha value is -6.99. The highest BCUT2D eigenvalue weighted by Gasteiger charge is 2.52. The van der Waals surface area contributed by atoms with E-state index in [1.807, 2.05) is 81.4 Å². The summed E-state index contributed by atoms with van der Waals surface area (Å²) < 4.78 is 106. The number of benzene rings is 2. The molecule has 2 heterocycles. The van der Waals surface area contributed by atoms with Gasteiger partial charge in [-0.05, 0) is 116 Å². The summed E-state index contributed by atoms with van der Waals surface area (Å²) in [4.78, 5) is 129. The number of hydrogen-bond acceptors (Lipinski definition) is 26. The summed E-state index contributed by atoms with van der Waals surface area (Å²) in [6.07, 6.45) is -15.0. The Kier molecular flexibility index (Phi) is 25.0. The highest BCUT2D eigenvalue weighted by atomic mass is 32.3. The van der Waals surface area contributed by atoms with Gasteiger partial charge in [0.1, 0.15) is 14.6 Å². The van der Waals surface area contributed by atoms with Gasteiger partial charge in [0.15, 0.2) is 64.8 Å². The van der Waals surface area contributed by atoms with Gasteiger partial charge in [-0.3, -0.25) is 4.79 Å². The van der Waals surface area contributed by atoms with Crippen LogP contribution in [0.4, 0.5) is 0 Å². The van der Waals surface area contributed by atoms with E-state index in [-0.39, 0.29) is 10.7 Å². The van der Waals surface area contributed by atoms with Gasteiger partial charge < -0.3 is 52.4 Å². The van der Waals surface area contributed by atoms with Crippen molar-refractivity contribution >= 4 is 110 Å². The molecule has 2 aromatic rings. The summed E-state index contributed by atoms with van der Waals surface area (Å²) in [5.74, 6) is -12.4. The van der Waals surface area contributed by atoms with Crippen LogP contribution in [-0.4, -0.2) is 164 Å². The van der Waals surface area contributed by atoms with E-state index in [2.05, 4.69) is 5.32 Å². The van der Waals surface area contributed by atoms with Crippen LogP contribution in [-0.2, 0) is 115 Å². The molecule has 0 bridgehead atoms. The molecule has 0 aromatic heterocycles. The Labute approximate surface area is 504 Å². The van der Waals surface area contributed by atoms with E-state index in [1.54, 1.807) is 11.6 Å². The van der Waals surface area contributed by atoms with Crippen molar-refractivity contribution < 1.29 is 112 Å². The van der Waals surface area contributed by atoms with Gasteiger partial charge in [-0.1, -0.05) is 100 Å². The molecule has 0 saturated carbocycles. The molecule has 2 aliphatic heterocycles. The lowest BCUT2D eigenvalue weighted by atomic mass is 10.0. The summed E-state index contributed by atoms with van der Waals surface area (Å²) in [5, 5.41) is 3.55. The molecule has 0 spiro atoms. The minimum atomic E-state index is -4.68. The first-order valence-corrected chi connectivity index (χ1v) is 32.9. The first kappa shape index (κ1) is 71.5. The minimum absolute atomic E-state index is 0.130. The Balaban J connectivity index is 1.18. The van der Waals surface area contributed by atoms with Crippen molar-refractivity contribution in [2.24, 2.45) is 0 Å². The number of ether oxygens (including phenoxy) is 9. The van der Waals surface area contributed by atoms with Crippen molar-refractivity contribution in [3.63, 3.8) is 0 Å². The smallest absolute Gasteiger partial charge is 0.347 e. The number of thioether (sulfide) groups is 1. The molecule has 0 saturated heterocycles. The predicted octanol–water partition coefficient (Wildman–Crippen LogP) is 2.77. The number of rotatable bonds is 27. The quantitative estimate of drug-likeness (QED) is 0.0737. The maximum atomic E-state index is 13.5. The fourth-order valence-corrected chi connectivity index (χ4v) is 18.0. The number of sulfonamides is 1. The van der Waals surface area contributed by atoms with Crippen molar-refractivity contribution in [3.8, 4) is 0 Å². The maximum absolute atomic E-state index is 13.5. The molecular formula is C56H74N2O24S3Si. The second-order valence-electron chi connectivity index (χ2n) is 21.1. The number of amides is 1. The molecule has 86 heavy (non-hydrogen) atoms. The molecule has 0 radical (unpaired) electrons. The van der Waals surface area contributed by atoms with Gasteiger partial charge in [-0.25, -0.2) is 64.7 Å². The zero-order valence-electron chi connectivity index (χ0n) is 50.2. The van der Waals surface area contributed by atoms with Crippen molar-refractivity contribution in [3.05, 3.63) is 80.8 Å². The highest BCUT2D eigenvalue weighted by Crippen LogP contribution is 2.48. The van der Waals surface area contributed by atoms with Crippen LogP contribution < -0.4 is 20.4 Å². The van der Waals surface area contributed by atoms with Crippen LogP contribution in [0.1, 0.15) is 110 Å². The van der Waals surface area contributed by atoms with Crippen LogP contribution in [0.2, 0.25) is 5.04 Å². The van der Waals surface area contributed by atoms with Crippen molar-refractivity contribution in [1.29, 1.82) is 0 Å². The lowest BCUT2D eigenvalue weighted by molar-refractivity contribution is -0.189. The molecule has 474 valence electrons. The van der Waals surface area contributed by atoms with Crippen LogP contribution in [0.15, 0.2) is 80.8 Å². The van der Waals surface area contributed by atoms with E-state index >= 15 is 0 Å². The summed E-state index contributed by atoms with van der Waals surface area (Å²) in [6.45, 7) is 20.8. The summed E-state index contributed by atoms with van der Waals surface area (Å²) in [5.41, 5.74) is 0.500. The fraction of sp³-hybridized carbons (Fsp3) is 0.536. The first-order chi connectivity index (χ1) is 39.9. The molecule has 0 aliphatic carbocycles. The van der Waals surface area contributed by atoms with E-state index in [4.69, 9.17) is 47.1 Å². The average molecular weight is 1280 g/mol. The van der Waals surface area contributed by atoms with E-state index in [0.717, 1.165) is 65.8 Å². The molecule has 30 heteroatoms. The van der Waals surface area contributed by atoms with E-state index in [0.29, 0.717) is 23.9 Å². The second-order valence-corrected chi connectivity index (χ2v) is 30.9. The van der Waals surface area contributed by atoms with Gasteiger partial charge in [-0.2, -0.15) is 0 Å². The standard InChI is InChI=1S/C56H74N2O24S3Si/c1-16-57-43-28-44(83-55-42(43)27-29(2)84(55,69)70)85(71,72)58-45(59)30(3)73-46(60)31(4)74-47(61)32(5)75-48(62)33(6)76-49(63)34(7)77-50(64)35(8)78-51(65)36(9)79-52(66)37(10)80-53(67)38(11)81-54(68)39(12)82-86(56(13,14)15,40-23-19-17-20-24-40)41-25-21-18-22-26-41/h17-26,28-39,43,57H,16,27H2,1-15H3,(H,58,59)/t29-,30-,31-,32-,33-,34-,35-,36-,37-,38-,39-,43-/m0/s1. The van der Waals surface area contributed by atoms with Gasteiger partial charge in [0.25, 0.3) is 24.2 Å². The van der Waals surface area contributed by atoms with Gasteiger partial charge in [0, 0.05) is 0 Å². The largest absolute Gasteiger partial charge is 0.450 e. The number of hydrogen-bond donors (Lipinski definition) is 2. The number of esters is 9. The van der Waals surface area contributed by atoms with E-state index in [1.165, 1.54) is 26.8 Å². The fourth-order valence-electron chi connectivity index (χ4n) is 8.29. The normalized spacial score (nSPS) is 19.2. The molecule has 0 unspecified atom stereocenters. The van der Waals surface area contributed by atoms with Crippen LogP contribution in [0, 0.1) is 0 Å². The Morgan fingerprint density at radius 3 is 1.14 bits per heavy atom. The van der Waals surface area contributed by atoms with Gasteiger partial charge in [-0.15, -0.1) is 0 Å². The molecule has 1 amide bonds. The molecule has 2 aromatic carbocycles. The van der Waals surface area contributed by atoms with E-state index in [9.17, 15) is 64.8 Å². The summed E-state index contributed by atoms with van der Waals surface area (Å²) in [7, 11) is -11.7. The molecule has 2 aliphatic rings. The number of likely N-dealkylation sites (N-methyl/N-ethyl adjacent to an activating group) is 1. The lowest BCUT2D eigenvalue weighted by Crippen LogP contribution is -2.68. The predicted molar refractivity (Wildman–Crippen MR) is 308 cm³/mol. The zero-order chi connectivity index (χ0) is 65.0. The van der Waals surface area contributed by atoms with Crippen LogP contribution >= 0.6 is 11.8 Å². The molecule has 0 fully saturated rings. The molecular weight excluding hydrogens is 1210 g/mol. The zero-order valence-corrected chi connectivity index (χ0v) is 53.7. The topological polar surface area (TPSA) is 355 Å². The number of nitrogens with one attached hydrogen (secondary N) is 2.